The molecule has 0 radical (unpaired) electrons. The highest BCUT2D eigenvalue weighted by atomic mass is 32.2. The Balaban J connectivity index is 1.96. The lowest BCUT2D eigenvalue weighted by molar-refractivity contribution is -0.138. The number of hydrogen-bond donors (Lipinski definition) is 1. The minimum absolute atomic E-state index is 0.0646. The van der Waals surface area contributed by atoms with Gasteiger partial charge in [-0.05, 0) is 0 Å². The molecule has 1 aromatic rings. The first-order valence-corrected chi connectivity index (χ1v) is 6.20. The summed E-state index contributed by atoms with van der Waals surface area (Å²) in [5, 5.41) is 12.6. The maximum atomic E-state index is 10.7. The molecule has 1 aliphatic rings. The molecule has 1 aromatic heterocycles. The molecule has 2 rings (SSSR count). The van der Waals surface area contributed by atoms with Gasteiger partial charge in [0.15, 0.2) is 5.82 Å². The maximum Gasteiger partial charge on any atom is 0.304 e. The summed E-state index contributed by atoms with van der Waals surface area (Å²) in [6.07, 6.45) is 1.46. The van der Waals surface area contributed by atoms with E-state index in [2.05, 4.69) is 19.6 Å². The van der Waals surface area contributed by atoms with Crippen LogP contribution >= 0.6 is 11.8 Å². The number of carboxylic acids is 1. The highest BCUT2D eigenvalue weighted by Gasteiger charge is 2.25. The maximum absolute atomic E-state index is 10.7. The predicted octanol–water partition coefficient (Wildman–Crippen LogP) is 0.462. The molecule has 0 amide bonds. The van der Waals surface area contributed by atoms with E-state index in [1.165, 1.54) is 6.39 Å². The number of rotatable bonds is 4. The van der Waals surface area contributed by atoms with Crippen molar-refractivity contribution in [3.05, 3.63) is 12.2 Å². The third kappa shape index (κ3) is 2.96. The van der Waals surface area contributed by atoms with Gasteiger partial charge in [-0.1, -0.05) is 5.16 Å². The summed E-state index contributed by atoms with van der Waals surface area (Å²) in [7, 11) is 0. The van der Waals surface area contributed by atoms with Crippen LogP contribution in [0, 0.1) is 0 Å². The molecule has 0 bridgehead atoms. The van der Waals surface area contributed by atoms with Gasteiger partial charge in [0.2, 0.25) is 6.39 Å². The standard InChI is InChI=1S/C9H13N3O3S/c13-9(14)3-7-5-16-2-1-12(7)4-8-10-6-15-11-8/h6-7H,1-5H2,(H,13,14). The fourth-order valence-corrected chi connectivity index (χ4v) is 2.86. The molecule has 0 saturated carbocycles. The Bertz CT molecular complexity index is 344. The zero-order valence-corrected chi connectivity index (χ0v) is 9.52. The second kappa shape index (κ2) is 5.31. The molecule has 88 valence electrons. The first kappa shape index (κ1) is 11.4. The molecular weight excluding hydrogens is 230 g/mol. The Hall–Kier alpha value is -1.08. The summed E-state index contributed by atoms with van der Waals surface area (Å²) in [4.78, 5) is 16.8. The molecule has 6 nitrogen and oxygen atoms in total. The molecule has 1 N–H and O–H groups in total. The minimum atomic E-state index is -0.759. The van der Waals surface area contributed by atoms with Gasteiger partial charge >= 0.3 is 5.97 Å². The molecule has 2 heterocycles. The quantitative estimate of drug-likeness (QED) is 0.823. The van der Waals surface area contributed by atoms with Crippen molar-refractivity contribution in [3.63, 3.8) is 0 Å². The first-order chi connectivity index (χ1) is 7.75. The second-order valence-corrected chi connectivity index (χ2v) is 4.79. The number of nitrogens with zero attached hydrogens (tertiary/aromatic N) is 3. The van der Waals surface area contributed by atoms with Gasteiger partial charge in [-0.15, -0.1) is 0 Å². The van der Waals surface area contributed by atoms with Gasteiger partial charge in [-0.2, -0.15) is 16.7 Å². The lowest BCUT2D eigenvalue weighted by Crippen LogP contribution is -2.43. The van der Waals surface area contributed by atoms with Crippen LogP contribution in [0.5, 0.6) is 0 Å². The molecule has 0 spiro atoms. The van der Waals surface area contributed by atoms with Crippen LogP contribution in [0.1, 0.15) is 12.2 Å². The third-order valence-corrected chi connectivity index (χ3v) is 3.60. The van der Waals surface area contributed by atoms with E-state index in [-0.39, 0.29) is 12.5 Å². The van der Waals surface area contributed by atoms with Crippen molar-refractivity contribution in [3.8, 4) is 0 Å². The van der Waals surface area contributed by atoms with Crippen LogP contribution < -0.4 is 0 Å². The zero-order valence-electron chi connectivity index (χ0n) is 8.70. The smallest absolute Gasteiger partial charge is 0.304 e. The predicted molar refractivity (Wildman–Crippen MR) is 58.1 cm³/mol. The molecule has 1 aliphatic heterocycles. The first-order valence-electron chi connectivity index (χ1n) is 5.04. The van der Waals surface area contributed by atoms with Crippen molar-refractivity contribution in [1.82, 2.24) is 15.0 Å². The molecule has 16 heavy (non-hydrogen) atoms. The van der Waals surface area contributed by atoms with Gasteiger partial charge in [-0.25, -0.2) is 0 Å². The molecule has 1 atom stereocenters. The van der Waals surface area contributed by atoms with Crippen molar-refractivity contribution in [1.29, 1.82) is 0 Å². The van der Waals surface area contributed by atoms with Crippen LogP contribution in [-0.4, -0.2) is 50.2 Å². The fraction of sp³-hybridized carbons (Fsp3) is 0.667. The van der Waals surface area contributed by atoms with Crippen LogP contribution in [-0.2, 0) is 11.3 Å². The van der Waals surface area contributed by atoms with Crippen molar-refractivity contribution < 1.29 is 14.4 Å². The monoisotopic (exact) mass is 243 g/mol. The summed E-state index contributed by atoms with van der Waals surface area (Å²) in [5.74, 6) is 1.73. The fourth-order valence-electron chi connectivity index (χ4n) is 1.73. The topological polar surface area (TPSA) is 79.5 Å². The van der Waals surface area contributed by atoms with E-state index in [0.29, 0.717) is 12.4 Å². The van der Waals surface area contributed by atoms with Gasteiger partial charge in [0.1, 0.15) is 0 Å². The number of carbonyl (C=O) groups is 1. The number of aromatic nitrogens is 2. The Morgan fingerprint density at radius 3 is 3.31 bits per heavy atom. The van der Waals surface area contributed by atoms with Crippen LogP contribution in [0.4, 0.5) is 0 Å². The van der Waals surface area contributed by atoms with Crippen LogP contribution in [0.15, 0.2) is 10.9 Å². The number of thioether (sulfide) groups is 1. The van der Waals surface area contributed by atoms with E-state index in [9.17, 15) is 4.79 Å². The van der Waals surface area contributed by atoms with E-state index in [1.807, 2.05) is 0 Å². The average molecular weight is 243 g/mol. The van der Waals surface area contributed by atoms with Crippen LogP contribution in [0.3, 0.4) is 0 Å². The second-order valence-electron chi connectivity index (χ2n) is 3.64. The average Bonchev–Trinajstić information content (AvgIpc) is 2.73. The molecule has 1 unspecified atom stereocenters. The SMILES string of the molecule is O=C(O)CC1CSCCN1Cc1ncon1. The molecular formula is C9H13N3O3S. The number of aliphatic carboxylic acids is 1. The van der Waals surface area contributed by atoms with E-state index >= 15 is 0 Å². The summed E-state index contributed by atoms with van der Waals surface area (Å²) in [6.45, 7) is 1.44. The molecule has 1 saturated heterocycles. The highest BCUT2D eigenvalue weighted by Crippen LogP contribution is 2.20. The summed E-state index contributed by atoms with van der Waals surface area (Å²) >= 11 is 1.79. The van der Waals surface area contributed by atoms with E-state index < -0.39 is 5.97 Å². The zero-order chi connectivity index (χ0) is 11.4. The van der Waals surface area contributed by atoms with Gasteiger partial charge < -0.3 is 9.63 Å². The third-order valence-electron chi connectivity index (χ3n) is 2.51. The van der Waals surface area contributed by atoms with Crippen molar-refractivity contribution in [2.75, 3.05) is 18.1 Å². The van der Waals surface area contributed by atoms with Crippen molar-refractivity contribution in [2.45, 2.75) is 19.0 Å². The highest BCUT2D eigenvalue weighted by molar-refractivity contribution is 7.99. The normalized spacial score (nSPS) is 22.1. The van der Waals surface area contributed by atoms with Crippen LogP contribution in [0.2, 0.25) is 0 Å². The van der Waals surface area contributed by atoms with Gasteiger partial charge in [0.05, 0.1) is 13.0 Å². The van der Waals surface area contributed by atoms with E-state index in [0.717, 1.165) is 18.1 Å². The molecule has 1 fully saturated rings. The summed E-state index contributed by atoms with van der Waals surface area (Å²) < 4.78 is 4.66. The van der Waals surface area contributed by atoms with Crippen molar-refractivity contribution in [2.24, 2.45) is 0 Å². The Morgan fingerprint density at radius 2 is 2.62 bits per heavy atom. The minimum Gasteiger partial charge on any atom is -0.481 e. The summed E-state index contributed by atoms with van der Waals surface area (Å²) in [5.41, 5.74) is 0. The molecule has 0 aromatic carbocycles. The van der Waals surface area contributed by atoms with E-state index in [1.54, 1.807) is 11.8 Å². The van der Waals surface area contributed by atoms with Gasteiger partial charge in [0.25, 0.3) is 0 Å². The lowest BCUT2D eigenvalue weighted by atomic mass is 10.2. The number of carboxylic acid groups (broad SMARTS) is 1. The van der Waals surface area contributed by atoms with Crippen molar-refractivity contribution >= 4 is 17.7 Å². The summed E-state index contributed by atoms with van der Waals surface area (Å²) in [6, 6.07) is 0.0646. The Kier molecular flexibility index (Phi) is 3.79. The Labute approximate surface area is 97.0 Å². The van der Waals surface area contributed by atoms with E-state index in [4.69, 9.17) is 5.11 Å². The van der Waals surface area contributed by atoms with Gasteiger partial charge in [0, 0.05) is 24.1 Å². The molecule has 7 heteroatoms. The largest absolute Gasteiger partial charge is 0.481 e. The molecule has 0 aliphatic carbocycles. The van der Waals surface area contributed by atoms with Gasteiger partial charge in [-0.3, -0.25) is 9.69 Å². The van der Waals surface area contributed by atoms with Crippen LogP contribution in [0.25, 0.3) is 0 Å². The Morgan fingerprint density at radius 1 is 1.75 bits per heavy atom. The number of hydrogen-bond acceptors (Lipinski definition) is 6. The lowest BCUT2D eigenvalue weighted by Gasteiger charge is -2.33.